The molecule has 0 aromatic carbocycles. The minimum atomic E-state index is -0.464. The number of piperazine rings is 1. The first-order valence-corrected chi connectivity index (χ1v) is 10.2. The Kier molecular flexibility index (Phi) is 6.12. The van der Waals surface area contributed by atoms with Gasteiger partial charge in [0.05, 0.1) is 7.11 Å². The van der Waals surface area contributed by atoms with Crippen LogP contribution in [0.5, 0.6) is 5.75 Å². The summed E-state index contributed by atoms with van der Waals surface area (Å²) in [5.74, 6) is 1.76. The number of hydrogen-bond donors (Lipinski definition) is 0. The molecule has 0 radical (unpaired) electrons. The average Bonchev–Trinajstić information content (AvgIpc) is 2.60. The van der Waals surface area contributed by atoms with E-state index < -0.39 is 5.60 Å². The molecule has 0 bridgehead atoms. The van der Waals surface area contributed by atoms with Crippen LogP contribution in [-0.4, -0.2) is 54.9 Å². The molecule has 1 amide bonds. The number of aromatic nitrogens is 1. The summed E-state index contributed by atoms with van der Waals surface area (Å²) in [5.41, 5.74) is 2.09. The topological polar surface area (TPSA) is 54.9 Å². The fourth-order valence-corrected chi connectivity index (χ4v) is 3.76. The van der Waals surface area contributed by atoms with Gasteiger partial charge in [-0.3, -0.25) is 0 Å². The van der Waals surface area contributed by atoms with Crippen molar-refractivity contribution < 1.29 is 14.3 Å². The van der Waals surface area contributed by atoms with Crippen LogP contribution in [0.1, 0.15) is 57.7 Å². The molecule has 0 N–H and O–H groups in total. The molecule has 27 heavy (non-hydrogen) atoms. The largest absolute Gasteiger partial charge is 0.493 e. The molecule has 0 saturated carbocycles. The van der Waals surface area contributed by atoms with Crippen molar-refractivity contribution >= 4 is 11.9 Å². The minimum absolute atomic E-state index is 0.236. The van der Waals surface area contributed by atoms with E-state index in [4.69, 9.17) is 14.5 Å². The minimum Gasteiger partial charge on any atom is -0.493 e. The van der Waals surface area contributed by atoms with Gasteiger partial charge in [0.15, 0.2) is 11.6 Å². The van der Waals surface area contributed by atoms with Gasteiger partial charge in [-0.25, -0.2) is 9.78 Å². The number of ether oxygens (including phenoxy) is 2. The maximum Gasteiger partial charge on any atom is 0.410 e. The second-order valence-electron chi connectivity index (χ2n) is 8.49. The molecule has 6 heteroatoms. The molecule has 0 atom stereocenters. The molecule has 1 aromatic heterocycles. The summed E-state index contributed by atoms with van der Waals surface area (Å²) in [6.07, 6.45) is 6.92. The van der Waals surface area contributed by atoms with E-state index in [9.17, 15) is 4.79 Å². The highest BCUT2D eigenvalue weighted by atomic mass is 16.6. The highest BCUT2D eigenvalue weighted by molar-refractivity contribution is 5.68. The van der Waals surface area contributed by atoms with Crippen LogP contribution in [0.3, 0.4) is 0 Å². The summed E-state index contributed by atoms with van der Waals surface area (Å²) in [4.78, 5) is 21.3. The summed E-state index contributed by atoms with van der Waals surface area (Å²) in [6, 6.07) is 2.18. The average molecular weight is 376 g/mol. The third kappa shape index (κ3) is 5.05. The smallest absolute Gasteiger partial charge is 0.410 e. The number of amides is 1. The van der Waals surface area contributed by atoms with Gasteiger partial charge in [-0.1, -0.05) is 12.8 Å². The first-order valence-electron chi connectivity index (χ1n) is 10.2. The van der Waals surface area contributed by atoms with E-state index >= 15 is 0 Å². The second kappa shape index (κ2) is 8.36. The summed E-state index contributed by atoms with van der Waals surface area (Å²) < 4.78 is 11.2. The normalized spacial score (nSPS) is 18.4. The van der Waals surface area contributed by atoms with Crippen molar-refractivity contribution in [3.05, 3.63) is 17.3 Å². The zero-order valence-corrected chi connectivity index (χ0v) is 17.2. The van der Waals surface area contributed by atoms with E-state index in [1.165, 1.54) is 36.9 Å². The Morgan fingerprint density at radius 1 is 1.04 bits per heavy atom. The molecule has 2 aliphatic rings. The summed E-state index contributed by atoms with van der Waals surface area (Å²) in [5, 5.41) is 0. The van der Waals surface area contributed by atoms with Crippen LogP contribution in [0.4, 0.5) is 10.6 Å². The molecule has 150 valence electrons. The number of rotatable bonds is 2. The first kappa shape index (κ1) is 19.8. The molecule has 1 saturated heterocycles. The Balaban J connectivity index is 1.71. The zero-order valence-electron chi connectivity index (χ0n) is 17.2. The van der Waals surface area contributed by atoms with Gasteiger partial charge >= 0.3 is 6.09 Å². The molecule has 1 aromatic rings. The Morgan fingerprint density at radius 2 is 1.70 bits per heavy atom. The number of nitrogens with zero attached hydrogens (tertiary/aromatic N) is 3. The van der Waals surface area contributed by atoms with Crippen molar-refractivity contribution in [2.45, 2.75) is 64.9 Å². The molecule has 0 spiro atoms. The van der Waals surface area contributed by atoms with Crippen LogP contribution >= 0.6 is 0 Å². The third-order valence-corrected chi connectivity index (χ3v) is 5.20. The van der Waals surface area contributed by atoms with Crippen LogP contribution in [0.2, 0.25) is 0 Å². The van der Waals surface area contributed by atoms with Crippen LogP contribution in [0, 0.1) is 0 Å². The highest BCUT2D eigenvalue weighted by Crippen LogP contribution is 2.32. The van der Waals surface area contributed by atoms with E-state index in [2.05, 4.69) is 11.0 Å². The van der Waals surface area contributed by atoms with Crippen molar-refractivity contribution in [2.75, 3.05) is 38.2 Å². The van der Waals surface area contributed by atoms with Gasteiger partial charge in [-0.05, 0) is 58.1 Å². The quantitative estimate of drug-likeness (QED) is 0.787. The Hall–Kier alpha value is -1.98. The van der Waals surface area contributed by atoms with Crippen LogP contribution in [0.15, 0.2) is 6.07 Å². The van der Waals surface area contributed by atoms with Crippen LogP contribution in [-0.2, 0) is 17.6 Å². The van der Waals surface area contributed by atoms with Gasteiger partial charge in [0, 0.05) is 31.9 Å². The van der Waals surface area contributed by atoms with Gasteiger partial charge in [-0.15, -0.1) is 0 Å². The number of carbonyl (C=O) groups is 1. The monoisotopic (exact) mass is 375 g/mol. The SMILES string of the molecule is COc1cc2c(nc1N1CCN(C(=O)OC(C)(C)C)CC1)CCCCCC2. The maximum absolute atomic E-state index is 12.3. The Morgan fingerprint density at radius 3 is 2.33 bits per heavy atom. The molecule has 6 nitrogen and oxygen atoms in total. The number of anilines is 1. The molecular weight excluding hydrogens is 342 g/mol. The van der Waals surface area contributed by atoms with Gasteiger partial charge in [0.1, 0.15) is 5.60 Å². The van der Waals surface area contributed by atoms with Crippen LogP contribution < -0.4 is 9.64 Å². The fraction of sp³-hybridized carbons (Fsp3) is 0.714. The Labute approximate surface area is 162 Å². The Bertz CT molecular complexity index is 661. The third-order valence-electron chi connectivity index (χ3n) is 5.20. The van der Waals surface area contributed by atoms with Crippen molar-refractivity contribution in [1.29, 1.82) is 0 Å². The molecule has 1 aliphatic carbocycles. The zero-order chi connectivity index (χ0) is 19.4. The maximum atomic E-state index is 12.3. The van der Waals surface area contributed by atoms with Gasteiger partial charge in [0.2, 0.25) is 0 Å². The summed E-state index contributed by atoms with van der Waals surface area (Å²) >= 11 is 0. The summed E-state index contributed by atoms with van der Waals surface area (Å²) in [6.45, 7) is 8.44. The van der Waals surface area contributed by atoms with E-state index in [1.54, 1.807) is 12.0 Å². The predicted octanol–water partition coefficient (Wildman–Crippen LogP) is 3.81. The predicted molar refractivity (Wildman–Crippen MR) is 107 cm³/mol. The van der Waals surface area contributed by atoms with E-state index in [0.717, 1.165) is 37.5 Å². The van der Waals surface area contributed by atoms with Crippen molar-refractivity contribution in [1.82, 2.24) is 9.88 Å². The fourth-order valence-electron chi connectivity index (χ4n) is 3.76. The molecule has 3 rings (SSSR count). The highest BCUT2D eigenvalue weighted by Gasteiger charge is 2.28. The van der Waals surface area contributed by atoms with Gasteiger partial charge in [-0.2, -0.15) is 0 Å². The second-order valence-corrected chi connectivity index (χ2v) is 8.49. The number of fused-ring (bicyclic) bond motifs is 1. The van der Waals surface area contributed by atoms with E-state index in [1.807, 2.05) is 20.8 Å². The lowest BCUT2D eigenvalue weighted by molar-refractivity contribution is 0.0240. The lowest BCUT2D eigenvalue weighted by Crippen LogP contribution is -2.50. The standard InChI is InChI=1S/C21H33N3O3/c1-21(2,3)27-20(25)24-13-11-23(12-14-24)19-18(26-4)15-16-9-7-5-6-8-10-17(16)22-19/h15H,5-14H2,1-4H3. The lowest BCUT2D eigenvalue weighted by Gasteiger charge is -2.36. The van der Waals surface area contributed by atoms with E-state index in [0.29, 0.717) is 13.1 Å². The number of aryl methyl sites for hydroxylation is 2. The van der Waals surface area contributed by atoms with Crippen LogP contribution in [0.25, 0.3) is 0 Å². The number of methoxy groups -OCH3 is 1. The number of pyridine rings is 1. The molecule has 0 unspecified atom stereocenters. The van der Waals surface area contributed by atoms with Gasteiger partial charge in [0.25, 0.3) is 0 Å². The van der Waals surface area contributed by atoms with Crippen molar-refractivity contribution in [3.8, 4) is 5.75 Å². The first-order chi connectivity index (χ1) is 12.9. The number of hydrogen-bond acceptors (Lipinski definition) is 5. The molecule has 1 aliphatic heterocycles. The van der Waals surface area contributed by atoms with Crippen molar-refractivity contribution in [2.24, 2.45) is 0 Å². The lowest BCUT2D eigenvalue weighted by atomic mass is 9.97. The van der Waals surface area contributed by atoms with Gasteiger partial charge < -0.3 is 19.3 Å². The van der Waals surface area contributed by atoms with Crippen molar-refractivity contribution in [3.63, 3.8) is 0 Å². The number of carbonyl (C=O) groups excluding carboxylic acids is 1. The van der Waals surface area contributed by atoms with E-state index in [-0.39, 0.29) is 6.09 Å². The molecule has 2 heterocycles. The molecular formula is C21H33N3O3. The molecule has 1 fully saturated rings. The summed E-state index contributed by atoms with van der Waals surface area (Å²) in [7, 11) is 1.72.